The third-order valence-corrected chi connectivity index (χ3v) is 3.23. The van der Waals surface area contributed by atoms with Crippen LogP contribution in [0.5, 0.6) is 0 Å². The number of carbonyl (C=O) groups is 1. The van der Waals surface area contributed by atoms with Gasteiger partial charge in [0.15, 0.2) is 5.76 Å². The zero-order chi connectivity index (χ0) is 10.0. The lowest BCUT2D eigenvalue weighted by Crippen LogP contribution is -2.37. The molecular weight excluding hydrogens is 180 g/mol. The van der Waals surface area contributed by atoms with Crippen LogP contribution in [-0.2, 0) is 10.2 Å². The third kappa shape index (κ3) is 1.25. The van der Waals surface area contributed by atoms with Gasteiger partial charge < -0.3 is 4.52 Å². The molecule has 0 spiro atoms. The molecule has 0 amide bonds. The summed E-state index contributed by atoms with van der Waals surface area (Å²) in [7, 11) is 0. The van der Waals surface area contributed by atoms with Gasteiger partial charge in [0.1, 0.15) is 5.78 Å². The highest BCUT2D eigenvalue weighted by Crippen LogP contribution is 2.38. The zero-order valence-electron chi connectivity index (χ0n) is 8.32. The standard InChI is InChI=1S/C10H14N2O2/c1-2-10(9-7-11-12-14-9)6-4-3-5-8(10)13/h7H,2-6H2,1H3. The van der Waals surface area contributed by atoms with E-state index in [2.05, 4.69) is 10.4 Å². The number of rotatable bonds is 2. The minimum Gasteiger partial charge on any atom is -0.341 e. The van der Waals surface area contributed by atoms with Crippen molar-refractivity contribution in [3.8, 4) is 0 Å². The molecule has 1 fully saturated rings. The smallest absolute Gasteiger partial charge is 0.170 e. The molecule has 1 aliphatic carbocycles. The van der Waals surface area contributed by atoms with Crippen molar-refractivity contribution in [3.63, 3.8) is 0 Å². The van der Waals surface area contributed by atoms with Crippen LogP contribution >= 0.6 is 0 Å². The molecule has 1 unspecified atom stereocenters. The van der Waals surface area contributed by atoms with E-state index in [0.717, 1.165) is 25.7 Å². The molecule has 1 aromatic rings. The minimum absolute atomic E-state index is 0.282. The van der Waals surface area contributed by atoms with Crippen LogP contribution in [0.25, 0.3) is 0 Å². The predicted octanol–water partition coefficient (Wildman–Crippen LogP) is 1.86. The van der Waals surface area contributed by atoms with Crippen molar-refractivity contribution in [1.29, 1.82) is 0 Å². The summed E-state index contributed by atoms with van der Waals surface area (Å²) in [5.74, 6) is 0.925. The minimum atomic E-state index is -0.429. The van der Waals surface area contributed by atoms with Crippen LogP contribution in [0.3, 0.4) is 0 Å². The average Bonchev–Trinajstić information content (AvgIpc) is 2.72. The number of ketones is 1. The molecule has 1 heterocycles. The lowest BCUT2D eigenvalue weighted by Gasteiger charge is -2.31. The maximum atomic E-state index is 11.9. The van der Waals surface area contributed by atoms with Crippen molar-refractivity contribution in [1.82, 2.24) is 10.4 Å². The fourth-order valence-electron chi connectivity index (χ4n) is 2.28. The van der Waals surface area contributed by atoms with Gasteiger partial charge in [0.25, 0.3) is 0 Å². The number of hydrogen-bond acceptors (Lipinski definition) is 4. The maximum absolute atomic E-state index is 11.9. The Labute approximate surface area is 82.7 Å². The molecule has 0 aromatic carbocycles. The number of nitrogens with zero attached hydrogens (tertiary/aromatic N) is 2. The summed E-state index contributed by atoms with van der Waals surface area (Å²) in [6.07, 6.45) is 5.98. The third-order valence-electron chi connectivity index (χ3n) is 3.23. The summed E-state index contributed by atoms with van der Waals surface area (Å²) in [5, 5.41) is 7.10. The van der Waals surface area contributed by atoms with Crippen molar-refractivity contribution in [2.45, 2.75) is 44.4 Å². The van der Waals surface area contributed by atoms with Gasteiger partial charge in [-0.3, -0.25) is 4.79 Å². The molecule has 2 rings (SSSR count). The molecule has 76 valence electrons. The van der Waals surface area contributed by atoms with Gasteiger partial charge in [-0.2, -0.15) is 0 Å². The molecule has 0 radical (unpaired) electrons. The Kier molecular flexibility index (Phi) is 2.35. The van der Waals surface area contributed by atoms with Crippen LogP contribution in [-0.4, -0.2) is 16.2 Å². The quantitative estimate of drug-likeness (QED) is 0.721. The fourth-order valence-corrected chi connectivity index (χ4v) is 2.28. The van der Waals surface area contributed by atoms with Gasteiger partial charge >= 0.3 is 0 Å². The summed E-state index contributed by atoms with van der Waals surface area (Å²) in [5.41, 5.74) is -0.429. The molecule has 4 heteroatoms. The van der Waals surface area contributed by atoms with Gasteiger partial charge in [-0.25, -0.2) is 0 Å². The van der Waals surface area contributed by atoms with E-state index < -0.39 is 5.41 Å². The van der Waals surface area contributed by atoms with Crippen LogP contribution < -0.4 is 0 Å². The van der Waals surface area contributed by atoms with Crippen molar-refractivity contribution in [2.24, 2.45) is 0 Å². The number of Topliss-reactive ketones (excluding diaryl/α,β-unsaturated/α-hetero) is 1. The van der Waals surface area contributed by atoms with E-state index in [1.807, 2.05) is 6.92 Å². The largest absolute Gasteiger partial charge is 0.341 e. The second kappa shape index (κ2) is 3.52. The van der Waals surface area contributed by atoms with Crippen LogP contribution in [0.1, 0.15) is 44.8 Å². The van der Waals surface area contributed by atoms with Crippen molar-refractivity contribution in [2.75, 3.05) is 0 Å². The molecular formula is C10H14N2O2. The van der Waals surface area contributed by atoms with E-state index in [-0.39, 0.29) is 5.78 Å². The summed E-state index contributed by atoms with van der Waals surface area (Å²) >= 11 is 0. The van der Waals surface area contributed by atoms with Crippen LogP contribution in [0.2, 0.25) is 0 Å². The lowest BCUT2D eigenvalue weighted by atomic mass is 9.70. The number of carbonyl (C=O) groups excluding carboxylic acids is 1. The summed E-state index contributed by atoms with van der Waals surface area (Å²) in [4.78, 5) is 11.9. The molecule has 1 atom stereocenters. The topological polar surface area (TPSA) is 56.0 Å². The predicted molar refractivity (Wildman–Crippen MR) is 49.7 cm³/mol. The zero-order valence-corrected chi connectivity index (χ0v) is 8.32. The SMILES string of the molecule is CCC1(c2cnno2)CCCCC1=O. The first-order valence-corrected chi connectivity index (χ1v) is 5.11. The van der Waals surface area contributed by atoms with E-state index in [0.29, 0.717) is 12.2 Å². The maximum Gasteiger partial charge on any atom is 0.170 e. The first-order chi connectivity index (χ1) is 6.79. The summed E-state index contributed by atoms with van der Waals surface area (Å²) < 4.78 is 5.06. The lowest BCUT2D eigenvalue weighted by molar-refractivity contribution is -0.127. The second-order valence-corrected chi connectivity index (χ2v) is 3.85. The highest BCUT2D eigenvalue weighted by Gasteiger charge is 2.43. The Balaban J connectivity index is 2.37. The molecule has 0 bridgehead atoms. The van der Waals surface area contributed by atoms with Gasteiger partial charge in [0.05, 0.1) is 11.6 Å². The Hall–Kier alpha value is -1.19. The second-order valence-electron chi connectivity index (χ2n) is 3.85. The van der Waals surface area contributed by atoms with Crippen molar-refractivity contribution in [3.05, 3.63) is 12.0 Å². The van der Waals surface area contributed by atoms with Gasteiger partial charge in [-0.15, -0.1) is 5.10 Å². The Morgan fingerprint density at radius 2 is 2.43 bits per heavy atom. The monoisotopic (exact) mass is 194 g/mol. The van der Waals surface area contributed by atoms with Crippen LogP contribution in [0, 0.1) is 0 Å². The molecule has 4 nitrogen and oxygen atoms in total. The Morgan fingerprint density at radius 1 is 1.57 bits per heavy atom. The van der Waals surface area contributed by atoms with Crippen LogP contribution in [0.4, 0.5) is 0 Å². The highest BCUT2D eigenvalue weighted by atomic mass is 16.5. The van der Waals surface area contributed by atoms with E-state index in [4.69, 9.17) is 4.52 Å². The molecule has 1 aliphatic rings. The van der Waals surface area contributed by atoms with Gasteiger partial charge in [0.2, 0.25) is 0 Å². The van der Waals surface area contributed by atoms with Gasteiger partial charge in [0, 0.05) is 11.7 Å². The van der Waals surface area contributed by atoms with Crippen LogP contribution in [0.15, 0.2) is 10.7 Å². The first kappa shape index (κ1) is 9.37. The number of aromatic nitrogens is 2. The van der Waals surface area contributed by atoms with E-state index in [9.17, 15) is 4.79 Å². The molecule has 1 saturated carbocycles. The molecule has 0 saturated heterocycles. The molecule has 0 aliphatic heterocycles. The summed E-state index contributed by atoms with van der Waals surface area (Å²) in [6, 6.07) is 0. The normalized spacial score (nSPS) is 27.9. The molecule has 1 aromatic heterocycles. The summed E-state index contributed by atoms with van der Waals surface area (Å²) in [6.45, 7) is 2.02. The fraction of sp³-hybridized carbons (Fsp3) is 0.700. The van der Waals surface area contributed by atoms with Crippen molar-refractivity contribution < 1.29 is 9.32 Å². The first-order valence-electron chi connectivity index (χ1n) is 5.11. The van der Waals surface area contributed by atoms with Crippen molar-refractivity contribution >= 4 is 5.78 Å². The van der Waals surface area contributed by atoms with Gasteiger partial charge in [-0.1, -0.05) is 13.3 Å². The average molecular weight is 194 g/mol. The molecule has 0 N–H and O–H groups in total. The Morgan fingerprint density at radius 3 is 3.00 bits per heavy atom. The van der Waals surface area contributed by atoms with E-state index in [1.165, 1.54) is 0 Å². The highest BCUT2D eigenvalue weighted by molar-refractivity contribution is 5.90. The van der Waals surface area contributed by atoms with Gasteiger partial charge in [-0.05, 0) is 19.3 Å². The number of hydrogen-bond donors (Lipinski definition) is 0. The van der Waals surface area contributed by atoms with E-state index >= 15 is 0 Å². The molecule has 14 heavy (non-hydrogen) atoms. The van der Waals surface area contributed by atoms with E-state index in [1.54, 1.807) is 6.20 Å². The Bertz CT molecular complexity index is 321.